The van der Waals surface area contributed by atoms with Crippen molar-refractivity contribution in [3.8, 4) is 0 Å². The van der Waals surface area contributed by atoms with E-state index in [-0.39, 0.29) is 18.2 Å². The van der Waals surface area contributed by atoms with Crippen LogP contribution in [0.25, 0.3) is 0 Å². The minimum atomic E-state index is -4.74. The van der Waals surface area contributed by atoms with Crippen LogP contribution in [0.3, 0.4) is 0 Å². The van der Waals surface area contributed by atoms with E-state index in [9.17, 15) is 21.6 Å². The average Bonchev–Trinajstić information content (AvgIpc) is 2.61. The number of nitrogens with zero attached hydrogens (tertiary/aromatic N) is 4. The van der Waals surface area contributed by atoms with Gasteiger partial charge < -0.3 is 4.90 Å². The molecule has 6 nitrogen and oxygen atoms in total. The smallest absolute Gasteiger partial charge is 0.353 e. The van der Waals surface area contributed by atoms with Gasteiger partial charge in [-0.05, 0) is 18.2 Å². The third-order valence-electron chi connectivity index (χ3n) is 4.04. The number of rotatable bonds is 3. The van der Waals surface area contributed by atoms with Gasteiger partial charge in [-0.3, -0.25) is 4.98 Å². The fraction of sp³-hybridized carbons (Fsp3) is 0.333. The molecule has 2 heterocycles. The van der Waals surface area contributed by atoms with E-state index in [1.54, 1.807) is 4.90 Å². The lowest BCUT2D eigenvalue weighted by Gasteiger charge is -2.34. The Bertz CT molecular complexity index is 948. The number of benzene rings is 1. The highest BCUT2D eigenvalue weighted by Crippen LogP contribution is 2.36. The van der Waals surface area contributed by atoms with Crippen LogP contribution < -0.4 is 4.90 Å². The number of halogens is 5. The van der Waals surface area contributed by atoms with Crippen LogP contribution in [0, 0.1) is 0 Å². The first kappa shape index (κ1) is 20.1. The molecule has 1 aromatic carbocycles. The Labute approximate surface area is 163 Å². The molecule has 1 aromatic heterocycles. The molecule has 1 aliphatic rings. The van der Waals surface area contributed by atoms with Crippen LogP contribution in [0.4, 0.5) is 19.0 Å². The zero-order chi connectivity index (χ0) is 19.8. The number of aromatic nitrogens is 2. The topological polar surface area (TPSA) is 66.4 Å². The molecule has 0 atom stereocenters. The van der Waals surface area contributed by atoms with Crippen molar-refractivity contribution in [2.24, 2.45) is 0 Å². The standard InChI is InChI=1S/C15H13Cl2F3N4O2S/c16-12-2-1-10(7-11(12)15(18,19)20)27(25,26)24-5-3-23(4-6-24)14-9-21-8-13(17)22-14/h1-2,7-9H,3-6H2. The molecule has 27 heavy (non-hydrogen) atoms. The Hall–Kier alpha value is -1.62. The summed E-state index contributed by atoms with van der Waals surface area (Å²) in [7, 11) is -4.09. The summed E-state index contributed by atoms with van der Waals surface area (Å²) in [5.41, 5.74) is -1.18. The van der Waals surface area contributed by atoms with Crippen LogP contribution >= 0.6 is 23.2 Å². The van der Waals surface area contributed by atoms with Crippen molar-refractivity contribution in [1.82, 2.24) is 14.3 Å². The fourth-order valence-corrected chi connectivity index (χ4v) is 4.49. The number of alkyl halides is 3. The van der Waals surface area contributed by atoms with E-state index < -0.39 is 31.7 Å². The van der Waals surface area contributed by atoms with E-state index in [4.69, 9.17) is 23.2 Å². The SMILES string of the molecule is O=S(=O)(c1ccc(Cl)c(C(F)(F)F)c1)N1CCN(c2cncc(Cl)n2)CC1. The molecule has 1 fully saturated rings. The summed E-state index contributed by atoms with van der Waals surface area (Å²) in [4.78, 5) is 9.39. The van der Waals surface area contributed by atoms with Gasteiger partial charge in [0.05, 0.1) is 27.9 Å². The second-order valence-electron chi connectivity index (χ2n) is 5.73. The van der Waals surface area contributed by atoms with Gasteiger partial charge in [0, 0.05) is 26.2 Å². The van der Waals surface area contributed by atoms with Crippen molar-refractivity contribution >= 4 is 39.0 Å². The highest BCUT2D eigenvalue weighted by atomic mass is 35.5. The molecule has 2 aromatic rings. The normalized spacial score (nSPS) is 16.6. The molecule has 3 rings (SSSR count). The molecule has 1 saturated heterocycles. The van der Waals surface area contributed by atoms with Crippen LogP contribution in [-0.4, -0.2) is 48.9 Å². The molecule has 0 unspecified atom stereocenters. The second-order valence-corrected chi connectivity index (χ2v) is 8.46. The van der Waals surface area contributed by atoms with Crippen LogP contribution in [0.2, 0.25) is 10.2 Å². The fourth-order valence-electron chi connectivity index (χ4n) is 2.67. The molecule has 12 heteroatoms. The van der Waals surface area contributed by atoms with Crippen LogP contribution in [0.5, 0.6) is 0 Å². The first-order valence-corrected chi connectivity index (χ1v) is 9.88. The Morgan fingerprint density at radius 2 is 1.70 bits per heavy atom. The molecule has 1 aliphatic heterocycles. The van der Waals surface area contributed by atoms with Gasteiger partial charge in [0.2, 0.25) is 10.0 Å². The summed E-state index contributed by atoms with van der Waals surface area (Å²) < 4.78 is 65.6. The lowest BCUT2D eigenvalue weighted by Crippen LogP contribution is -2.49. The van der Waals surface area contributed by atoms with E-state index in [1.165, 1.54) is 12.4 Å². The zero-order valence-corrected chi connectivity index (χ0v) is 15.9. The molecular formula is C15H13Cl2F3N4O2S. The molecule has 0 N–H and O–H groups in total. The molecule has 0 bridgehead atoms. The van der Waals surface area contributed by atoms with Crippen LogP contribution in [0.15, 0.2) is 35.5 Å². The average molecular weight is 441 g/mol. The van der Waals surface area contributed by atoms with Crippen molar-refractivity contribution in [1.29, 1.82) is 0 Å². The summed E-state index contributed by atoms with van der Waals surface area (Å²) in [5, 5.41) is -0.339. The second kappa shape index (κ2) is 7.42. The molecule has 0 spiro atoms. The van der Waals surface area contributed by atoms with Crippen molar-refractivity contribution in [3.05, 3.63) is 46.3 Å². The summed E-state index contributed by atoms with van der Waals surface area (Å²) in [5.74, 6) is 0.505. The van der Waals surface area contributed by atoms with Gasteiger partial charge in [0.25, 0.3) is 0 Å². The van der Waals surface area contributed by atoms with Crippen molar-refractivity contribution in [2.45, 2.75) is 11.1 Å². The minimum absolute atomic E-state index is 0.0838. The summed E-state index contributed by atoms with van der Waals surface area (Å²) in [6, 6.07) is 2.57. The lowest BCUT2D eigenvalue weighted by atomic mass is 10.2. The maximum atomic E-state index is 13.0. The van der Waals surface area contributed by atoms with Gasteiger partial charge in [-0.1, -0.05) is 23.2 Å². The highest BCUT2D eigenvalue weighted by molar-refractivity contribution is 7.89. The number of hydrogen-bond donors (Lipinski definition) is 0. The Morgan fingerprint density at radius 3 is 2.30 bits per heavy atom. The van der Waals surface area contributed by atoms with Gasteiger partial charge in [0.15, 0.2) is 0 Å². The van der Waals surface area contributed by atoms with E-state index in [2.05, 4.69) is 9.97 Å². The Kier molecular flexibility index (Phi) is 5.53. The number of anilines is 1. The van der Waals surface area contributed by atoms with Crippen LogP contribution in [0.1, 0.15) is 5.56 Å². The first-order chi connectivity index (χ1) is 12.6. The van der Waals surface area contributed by atoms with Gasteiger partial charge in [-0.2, -0.15) is 17.5 Å². The van der Waals surface area contributed by atoms with E-state index in [0.29, 0.717) is 25.0 Å². The monoisotopic (exact) mass is 440 g/mol. The van der Waals surface area contributed by atoms with Gasteiger partial charge in [-0.25, -0.2) is 13.4 Å². The Balaban J connectivity index is 1.79. The predicted octanol–water partition coefficient (Wildman–Crippen LogP) is 3.31. The van der Waals surface area contributed by atoms with Crippen molar-refractivity contribution < 1.29 is 21.6 Å². The first-order valence-electron chi connectivity index (χ1n) is 7.68. The lowest BCUT2D eigenvalue weighted by molar-refractivity contribution is -0.137. The molecule has 0 saturated carbocycles. The van der Waals surface area contributed by atoms with E-state index >= 15 is 0 Å². The summed E-state index contributed by atoms with van der Waals surface area (Å²) in [6.07, 6.45) is -1.86. The number of sulfonamides is 1. The van der Waals surface area contributed by atoms with Gasteiger partial charge in [0.1, 0.15) is 11.0 Å². The quantitative estimate of drug-likeness (QED) is 0.732. The van der Waals surface area contributed by atoms with E-state index in [1.807, 2.05) is 0 Å². The largest absolute Gasteiger partial charge is 0.417 e. The zero-order valence-electron chi connectivity index (χ0n) is 13.6. The van der Waals surface area contributed by atoms with Gasteiger partial charge in [-0.15, -0.1) is 0 Å². The van der Waals surface area contributed by atoms with Crippen molar-refractivity contribution in [3.63, 3.8) is 0 Å². The maximum Gasteiger partial charge on any atom is 0.417 e. The van der Waals surface area contributed by atoms with Gasteiger partial charge >= 0.3 is 6.18 Å². The highest BCUT2D eigenvalue weighted by Gasteiger charge is 2.36. The number of piperazine rings is 1. The molecule has 0 radical (unpaired) electrons. The molecular weight excluding hydrogens is 428 g/mol. The third-order valence-corrected chi connectivity index (χ3v) is 6.44. The summed E-state index contributed by atoms with van der Waals surface area (Å²) >= 11 is 11.4. The maximum absolute atomic E-state index is 13.0. The third kappa shape index (κ3) is 4.29. The molecule has 146 valence electrons. The van der Waals surface area contributed by atoms with Crippen LogP contribution in [-0.2, 0) is 16.2 Å². The molecule has 0 aliphatic carbocycles. The Morgan fingerprint density at radius 1 is 1.04 bits per heavy atom. The van der Waals surface area contributed by atoms with Crippen molar-refractivity contribution in [2.75, 3.05) is 31.1 Å². The predicted molar refractivity (Wildman–Crippen MR) is 94.5 cm³/mol. The minimum Gasteiger partial charge on any atom is -0.353 e. The van der Waals surface area contributed by atoms with E-state index in [0.717, 1.165) is 16.4 Å². The summed E-state index contributed by atoms with van der Waals surface area (Å²) in [6.45, 7) is 0.767. The number of hydrogen-bond acceptors (Lipinski definition) is 5. The molecule has 0 amide bonds.